The highest BCUT2D eigenvalue weighted by Crippen LogP contribution is 2.45. The zero-order chi connectivity index (χ0) is 25.1. The summed E-state index contributed by atoms with van der Waals surface area (Å²) in [6.45, 7) is 18.4. The Morgan fingerprint density at radius 1 is 1.18 bits per heavy atom. The molecule has 5 nitrogen and oxygen atoms in total. The van der Waals surface area contributed by atoms with Crippen LogP contribution in [0.1, 0.15) is 58.6 Å². The summed E-state index contributed by atoms with van der Waals surface area (Å²) in [6, 6.07) is 4.35. The molecular formula is C29H42N4O. The zero-order valence-electron chi connectivity index (χ0n) is 21.4. The topological polar surface area (TPSA) is 52.8 Å². The summed E-state index contributed by atoms with van der Waals surface area (Å²) in [5, 5.41) is 14.0. The summed E-state index contributed by atoms with van der Waals surface area (Å²) in [4.78, 5) is 6.46. The van der Waals surface area contributed by atoms with E-state index >= 15 is 0 Å². The molecule has 2 N–H and O–H groups in total. The number of aliphatic hydroxyl groups excluding tert-OH is 1. The molecule has 2 unspecified atom stereocenters. The summed E-state index contributed by atoms with van der Waals surface area (Å²) in [7, 11) is 2.19. The van der Waals surface area contributed by atoms with Gasteiger partial charge in [0, 0.05) is 25.5 Å². The quantitative estimate of drug-likeness (QED) is 0.160. The van der Waals surface area contributed by atoms with Gasteiger partial charge in [-0.3, -0.25) is 10.3 Å². The van der Waals surface area contributed by atoms with E-state index < -0.39 is 6.23 Å². The van der Waals surface area contributed by atoms with Gasteiger partial charge in [-0.05, 0) is 62.6 Å². The molecule has 184 valence electrons. The molecule has 0 saturated heterocycles. The van der Waals surface area contributed by atoms with Crippen molar-refractivity contribution in [2.75, 3.05) is 13.6 Å². The van der Waals surface area contributed by atoms with Crippen LogP contribution in [-0.4, -0.2) is 41.1 Å². The third-order valence-electron chi connectivity index (χ3n) is 6.58. The Morgan fingerprint density at radius 2 is 1.88 bits per heavy atom. The minimum atomic E-state index is -0.903. The van der Waals surface area contributed by atoms with Crippen molar-refractivity contribution in [3.8, 4) is 0 Å². The Labute approximate surface area is 206 Å². The maximum absolute atomic E-state index is 10.8. The average Bonchev–Trinajstić information content (AvgIpc) is 3.33. The average molecular weight is 463 g/mol. The number of fused-ring (bicyclic) bond motifs is 1. The predicted molar refractivity (Wildman–Crippen MR) is 146 cm³/mol. The fourth-order valence-corrected chi connectivity index (χ4v) is 4.72. The van der Waals surface area contributed by atoms with Gasteiger partial charge in [0.2, 0.25) is 0 Å². The lowest BCUT2D eigenvalue weighted by Gasteiger charge is -2.49. The zero-order valence-corrected chi connectivity index (χ0v) is 21.4. The molecule has 1 aliphatic rings. The molecule has 2 atom stereocenters. The first-order valence-electron chi connectivity index (χ1n) is 12.3. The summed E-state index contributed by atoms with van der Waals surface area (Å²) >= 11 is 0. The third kappa shape index (κ3) is 5.78. The van der Waals surface area contributed by atoms with Gasteiger partial charge < -0.3 is 14.6 Å². The summed E-state index contributed by atoms with van der Waals surface area (Å²) in [5.74, 6) is 0. The van der Waals surface area contributed by atoms with Crippen LogP contribution in [0.25, 0.3) is 5.70 Å². The van der Waals surface area contributed by atoms with E-state index in [1.807, 2.05) is 12.2 Å². The van der Waals surface area contributed by atoms with Gasteiger partial charge in [0.05, 0.1) is 22.6 Å². The van der Waals surface area contributed by atoms with Crippen molar-refractivity contribution in [2.24, 2.45) is 4.99 Å². The highest BCUT2D eigenvalue weighted by Gasteiger charge is 2.42. The molecule has 0 aromatic carbocycles. The number of aliphatic imine (C=N–C) groups is 1. The summed E-state index contributed by atoms with van der Waals surface area (Å²) in [5.41, 5.74) is 5.08. The van der Waals surface area contributed by atoms with Crippen LogP contribution < -0.4 is 5.32 Å². The first kappa shape index (κ1) is 27.4. The van der Waals surface area contributed by atoms with E-state index in [1.165, 1.54) is 17.1 Å². The normalized spacial score (nSPS) is 22.1. The highest BCUT2D eigenvalue weighted by molar-refractivity contribution is 5.67. The second-order valence-electron chi connectivity index (χ2n) is 8.50. The molecule has 34 heavy (non-hydrogen) atoms. The Morgan fingerprint density at radius 3 is 2.47 bits per heavy atom. The molecule has 1 aliphatic heterocycles. The fourth-order valence-electron chi connectivity index (χ4n) is 4.72. The SMILES string of the molecule is C=CC/C(C=C)=C\C=C(/N=C)C(O)NCCC1(CC)c2cccn2C(=C/CC)/C(=C\CC)N1C. The second kappa shape index (κ2) is 13.1. The molecule has 1 aromatic rings. The standard InChI is InChI=1S/C29H42N4O/c1-8-14-23(11-4)18-19-24(30-6)28(34)31-21-20-29(12-5)27-17-13-22-33(27)26(16-10-3)25(15-9-2)32(29)7/h8,11,13,15-19,22,28,31,34H,1,4,6,9-10,12,14,20-21H2,2-3,5,7H3/b23-18-,24-19-,25-15+,26-16+. The number of nitrogens with zero attached hydrogens (tertiary/aromatic N) is 3. The van der Waals surface area contributed by atoms with E-state index in [0.29, 0.717) is 18.7 Å². The molecule has 0 spiro atoms. The van der Waals surface area contributed by atoms with Crippen molar-refractivity contribution in [1.29, 1.82) is 0 Å². The molecule has 0 bridgehead atoms. The van der Waals surface area contributed by atoms with E-state index in [9.17, 15) is 5.11 Å². The number of nitrogens with one attached hydrogen (secondary N) is 1. The number of hydrogen-bond donors (Lipinski definition) is 2. The van der Waals surface area contributed by atoms with Crippen LogP contribution in [0.5, 0.6) is 0 Å². The van der Waals surface area contributed by atoms with Crippen molar-refractivity contribution in [1.82, 2.24) is 14.8 Å². The van der Waals surface area contributed by atoms with Gasteiger partial charge in [0.1, 0.15) is 6.23 Å². The monoisotopic (exact) mass is 462 g/mol. The van der Waals surface area contributed by atoms with Gasteiger partial charge in [-0.25, -0.2) is 0 Å². The number of aromatic nitrogens is 1. The van der Waals surface area contributed by atoms with Gasteiger partial charge in [-0.2, -0.15) is 0 Å². The van der Waals surface area contributed by atoms with Crippen LogP contribution in [0.15, 0.2) is 89.9 Å². The Kier molecular flexibility index (Phi) is 10.6. The highest BCUT2D eigenvalue weighted by atomic mass is 16.3. The number of hydrogen-bond acceptors (Lipinski definition) is 4. The molecule has 0 aliphatic carbocycles. The smallest absolute Gasteiger partial charge is 0.148 e. The minimum Gasteiger partial charge on any atom is -0.373 e. The van der Waals surface area contributed by atoms with Gasteiger partial charge in [0.15, 0.2) is 0 Å². The molecule has 2 rings (SSSR count). The van der Waals surface area contributed by atoms with E-state index in [-0.39, 0.29) is 5.54 Å². The molecule has 0 amide bonds. The lowest BCUT2D eigenvalue weighted by Crippen LogP contribution is -2.50. The maximum Gasteiger partial charge on any atom is 0.148 e. The molecule has 1 aromatic heterocycles. The van der Waals surface area contributed by atoms with Crippen LogP contribution in [-0.2, 0) is 5.54 Å². The lowest BCUT2D eigenvalue weighted by atomic mass is 9.83. The summed E-state index contributed by atoms with van der Waals surface area (Å²) < 4.78 is 2.34. The van der Waals surface area contributed by atoms with Crippen molar-refractivity contribution in [3.05, 3.63) is 90.6 Å². The van der Waals surface area contributed by atoms with Gasteiger partial charge >= 0.3 is 0 Å². The van der Waals surface area contributed by atoms with E-state index in [0.717, 1.165) is 31.3 Å². The molecular weight excluding hydrogens is 420 g/mol. The van der Waals surface area contributed by atoms with Crippen molar-refractivity contribution < 1.29 is 5.11 Å². The van der Waals surface area contributed by atoms with Crippen LogP contribution >= 0.6 is 0 Å². The Balaban J connectivity index is 2.29. The van der Waals surface area contributed by atoms with Crippen molar-refractivity contribution >= 4 is 12.4 Å². The number of allylic oxidation sites excluding steroid dienone is 8. The van der Waals surface area contributed by atoms with E-state index in [1.54, 1.807) is 12.2 Å². The Hall–Kier alpha value is -2.89. The van der Waals surface area contributed by atoms with Crippen LogP contribution in [0.3, 0.4) is 0 Å². The molecule has 2 heterocycles. The van der Waals surface area contributed by atoms with Crippen molar-refractivity contribution in [2.45, 2.75) is 64.6 Å². The van der Waals surface area contributed by atoms with Crippen LogP contribution in [0.4, 0.5) is 0 Å². The van der Waals surface area contributed by atoms with E-state index in [4.69, 9.17) is 0 Å². The van der Waals surface area contributed by atoms with Gasteiger partial charge in [-0.1, -0.05) is 57.7 Å². The van der Waals surface area contributed by atoms with Gasteiger partial charge in [0.25, 0.3) is 0 Å². The molecule has 0 fully saturated rings. The third-order valence-corrected chi connectivity index (χ3v) is 6.58. The minimum absolute atomic E-state index is 0.187. The number of likely N-dealkylation sites (N-methyl/N-ethyl adjacent to an activating group) is 1. The van der Waals surface area contributed by atoms with Crippen molar-refractivity contribution in [3.63, 3.8) is 0 Å². The first-order chi connectivity index (χ1) is 16.4. The summed E-state index contributed by atoms with van der Waals surface area (Å²) in [6.07, 6.45) is 17.6. The van der Waals surface area contributed by atoms with Gasteiger partial charge in [-0.15, -0.1) is 6.58 Å². The number of rotatable bonds is 13. The van der Waals surface area contributed by atoms with Crippen LogP contribution in [0.2, 0.25) is 0 Å². The molecule has 0 saturated carbocycles. The predicted octanol–water partition coefficient (Wildman–Crippen LogP) is 6.15. The van der Waals surface area contributed by atoms with E-state index in [2.05, 4.69) is 98.0 Å². The van der Waals surface area contributed by atoms with Crippen LogP contribution in [0, 0.1) is 0 Å². The Bertz CT molecular complexity index is 978. The molecule has 5 heteroatoms. The fraction of sp³-hybridized carbons (Fsp3) is 0.414. The second-order valence-corrected chi connectivity index (χ2v) is 8.50. The maximum atomic E-state index is 10.8. The largest absolute Gasteiger partial charge is 0.373 e. The molecule has 0 radical (unpaired) electrons. The number of aliphatic hydroxyl groups is 1. The first-order valence-corrected chi connectivity index (χ1v) is 12.3. The lowest BCUT2D eigenvalue weighted by molar-refractivity contribution is 0.113.